The number of carbonyl (C=O) groups is 4. The van der Waals surface area contributed by atoms with Crippen LogP contribution in [-0.2, 0) is 14.3 Å². The molecule has 0 radical (unpaired) electrons. The van der Waals surface area contributed by atoms with E-state index in [1.165, 1.54) is 11.8 Å². The topological polar surface area (TPSA) is 123 Å². The summed E-state index contributed by atoms with van der Waals surface area (Å²) in [6.45, 7) is 3.31. The average Bonchev–Trinajstić information content (AvgIpc) is 3.43. The van der Waals surface area contributed by atoms with E-state index < -0.39 is 23.0 Å². The highest BCUT2D eigenvalue weighted by molar-refractivity contribution is 8.00. The van der Waals surface area contributed by atoms with Crippen LogP contribution in [-0.4, -0.2) is 36.9 Å². The van der Waals surface area contributed by atoms with Crippen LogP contribution in [0.5, 0.6) is 5.75 Å². The summed E-state index contributed by atoms with van der Waals surface area (Å²) in [5.74, 6) is -1.19. The third-order valence-electron chi connectivity index (χ3n) is 6.93. The fraction of sp³-hybridized carbons (Fsp3) is 0.135. The molecule has 0 saturated carbocycles. The van der Waals surface area contributed by atoms with Crippen molar-refractivity contribution in [1.82, 2.24) is 0 Å². The predicted molar refractivity (Wildman–Crippen MR) is 190 cm³/mol. The lowest BCUT2D eigenvalue weighted by molar-refractivity contribution is -0.118. The number of esters is 1. The maximum Gasteiger partial charge on any atom is 0.341 e. The second-order valence-electron chi connectivity index (χ2n) is 10.4. The van der Waals surface area contributed by atoms with Crippen LogP contribution in [0.3, 0.4) is 0 Å². The van der Waals surface area contributed by atoms with E-state index in [2.05, 4.69) is 16.0 Å². The van der Waals surface area contributed by atoms with Gasteiger partial charge in [0.25, 0.3) is 11.8 Å². The number of benzene rings is 4. The third-order valence-corrected chi connectivity index (χ3v) is 9.38. The van der Waals surface area contributed by atoms with E-state index in [1.807, 2.05) is 60.7 Å². The molecule has 3 amide bonds. The number of amides is 3. The van der Waals surface area contributed by atoms with Gasteiger partial charge in [-0.2, -0.15) is 0 Å². The Bertz CT molecular complexity index is 1880. The number of hydrogen-bond donors (Lipinski definition) is 3. The van der Waals surface area contributed by atoms with Crippen molar-refractivity contribution in [1.29, 1.82) is 0 Å². The van der Waals surface area contributed by atoms with Crippen molar-refractivity contribution in [2.75, 3.05) is 29.2 Å². The minimum absolute atomic E-state index is 0.126. The first-order valence-corrected chi connectivity index (χ1v) is 16.8. The van der Waals surface area contributed by atoms with Crippen molar-refractivity contribution in [3.05, 3.63) is 137 Å². The summed E-state index contributed by atoms with van der Waals surface area (Å²) in [5.41, 5.74) is 2.40. The third kappa shape index (κ3) is 8.90. The lowest BCUT2D eigenvalue weighted by Gasteiger charge is -2.18. The van der Waals surface area contributed by atoms with Gasteiger partial charge in [-0.1, -0.05) is 72.8 Å². The smallest absolute Gasteiger partial charge is 0.341 e. The number of anilines is 3. The SMILES string of the molecule is CCOC(=O)c1c(NC(=O)C(Sc2cccc(NC(=O)COc3ccccc3)c2)c2ccccc2)sc(C(=O)Nc2ccccc2)c1C. The van der Waals surface area contributed by atoms with E-state index in [0.29, 0.717) is 22.7 Å². The van der Waals surface area contributed by atoms with Gasteiger partial charge in [0.15, 0.2) is 6.61 Å². The van der Waals surface area contributed by atoms with E-state index in [-0.39, 0.29) is 34.6 Å². The molecule has 0 aliphatic carbocycles. The molecule has 5 rings (SSSR count). The molecule has 0 aliphatic rings. The summed E-state index contributed by atoms with van der Waals surface area (Å²) in [6, 6.07) is 34.4. The Hall–Kier alpha value is -5.39. The molecular weight excluding hydrogens is 647 g/mol. The molecule has 1 heterocycles. The lowest BCUT2D eigenvalue weighted by atomic mass is 10.1. The number of nitrogens with one attached hydrogen (secondary N) is 3. The number of hydrogen-bond acceptors (Lipinski definition) is 8. The van der Waals surface area contributed by atoms with Gasteiger partial charge in [0, 0.05) is 16.3 Å². The zero-order chi connectivity index (χ0) is 33.9. The van der Waals surface area contributed by atoms with Gasteiger partial charge in [-0.15, -0.1) is 23.1 Å². The van der Waals surface area contributed by atoms with E-state index in [9.17, 15) is 19.2 Å². The fourth-order valence-electron chi connectivity index (χ4n) is 4.70. The van der Waals surface area contributed by atoms with Gasteiger partial charge in [0.1, 0.15) is 16.0 Å². The zero-order valence-corrected chi connectivity index (χ0v) is 27.9. The van der Waals surface area contributed by atoms with Crippen LogP contribution in [0.2, 0.25) is 0 Å². The maximum atomic E-state index is 14.0. The van der Waals surface area contributed by atoms with E-state index in [4.69, 9.17) is 9.47 Å². The number of thiophene rings is 1. The molecule has 0 fully saturated rings. The Morgan fingerprint density at radius 1 is 0.771 bits per heavy atom. The quantitative estimate of drug-likeness (QED) is 0.0852. The van der Waals surface area contributed by atoms with E-state index >= 15 is 0 Å². The van der Waals surface area contributed by atoms with Gasteiger partial charge >= 0.3 is 5.97 Å². The standard InChI is InChI=1S/C37H33N3O6S2/c1-3-45-37(44)31-24(2)32(34(42)39-26-16-9-5-10-17-26)48-36(31)40-35(43)33(25-14-7-4-8-15-25)47-29-21-13-18-27(22-29)38-30(41)23-46-28-19-11-6-12-20-28/h4-22,33H,3,23H2,1-2H3,(H,38,41)(H,39,42)(H,40,43). The molecule has 3 N–H and O–H groups in total. The van der Waals surface area contributed by atoms with Crippen molar-refractivity contribution in [3.8, 4) is 5.75 Å². The van der Waals surface area contributed by atoms with Gasteiger partial charge in [0.2, 0.25) is 5.91 Å². The summed E-state index contributed by atoms with van der Waals surface area (Å²) in [5, 5.41) is 8.07. The minimum Gasteiger partial charge on any atom is -0.484 e. The Balaban J connectivity index is 1.37. The average molecular weight is 680 g/mol. The molecule has 11 heteroatoms. The molecule has 1 unspecified atom stereocenters. The molecule has 5 aromatic rings. The summed E-state index contributed by atoms with van der Waals surface area (Å²) in [7, 11) is 0. The van der Waals surface area contributed by atoms with Crippen molar-refractivity contribution in [3.63, 3.8) is 0 Å². The first-order valence-electron chi connectivity index (χ1n) is 15.1. The normalized spacial score (nSPS) is 11.2. The summed E-state index contributed by atoms with van der Waals surface area (Å²) < 4.78 is 10.9. The second-order valence-corrected chi connectivity index (χ2v) is 12.6. The first-order chi connectivity index (χ1) is 23.3. The highest BCUT2D eigenvalue weighted by atomic mass is 32.2. The van der Waals surface area contributed by atoms with Gasteiger partial charge < -0.3 is 25.4 Å². The van der Waals surface area contributed by atoms with Gasteiger partial charge in [-0.25, -0.2) is 4.79 Å². The Labute approximate surface area is 286 Å². The van der Waals surface area contributed by atoms with Crippen LogP contribution in [0.25, 0.3) is 0 Å². The molecule has 0 saturated heterocycles. The summed E-state index contributed by atoms with van der Waals surface area (Å²) in [6.07, 6.45) is 0. The molecule has 0 spiro atoms. The summed E-state index contributed by atoms with van der Waals surface area (Å²) >= 11 is 2.29. The van der Waals surface area contributed by atoms with Crippen LogP contribution in [0.15, 0.2) is 120 Å². The zero-order valence-electron chi connectivity index (χ0n) is 26.2. The van der Waals surface area contributed by atoms with Crippen molar-refractivity contribution in [2.24, 2.45) is 0 Å². The number of ether oxygens (including phenoxy) is 2. The van der Waals surface area contributed by atoms with Crippen LogP contribution >= 0.6 is 23.1 Å². The first kappa shape index (κ1) is 34.0. The highest BCUT2D eigenvalue weighted by Crippen LogP contribution is 2.40. The monoisotopic (exact) mass is 679 g/mol. The van der Waals surface area contributed by atoms with Gasteiger partial charge in [-0.3, -0.25) is 14.4 Å². The number of thioether (sulfide) groups is 1. The van der Waals surface area contributed by atoms with Crippen molar-refractivity contribution in [2.45, 2.75) is 24.0 Å². The molecule has 244 valence electrons. The second kappa shape index (κ2) is 16.4. The Kier molecular flexibility index (Phi) is 11.6. The highest BCUT2D eigenvalue weighted by Gasteiger charge is 2.30. The van der Waals surface area contributed by atoms with E-state index in [0.717, 1.165) is 21.8 Å². The number of para-hydroxylation sites is 2. The number of carbonyl (C=O) groups excluding carboxylic acids is 4. The van der Waals surface area contributed by atoms with Crippen molar-refractivity contribution < 1.29 is 28.7 Å². The van der Waals surface area contributed by atoms with Crippen LogP contribution in [0.4, 0.5) is 16.4 Å². The maximum absolute atomic E-state index is 14.0. The molecular formula is C37H33N3O6S2. The molecule has 1 atom stereocenters. The van der Waals surface area contributed by atoms with Crippen LogP contribution in [0.1, 0.15) is 43.3 Å². The predicted octanol–water partition coefficient (Wildman–Crippen LogP) is 7.98. The molecule has 4 aromatic carbocycles. The number of rotatable bonds is 13. The van der Waals surface area contributed by atoms with Crippen molar-refractivity contribution >= 4 is 63.2 Å². The largest absolute Gasteiger partial charge is 0.484 e. The van der Waals surface area contributed by atoms with Gasteiger partial charge in [0.05, 0.1) is 17.0 Å². The lowest BCUT2D eigenvalue weighted by Crippen LogP contribution is -2.21. The van der Waals surface area contributed by atoms with E-state index in [1.54, 1.807) is 68.4 Å². The minimum atomic E-state index is -0.752. The molecule has 48 heavy (non-hydrogen) atoms. The van der Waals surface area contributed by atoms with Crippen LogP contribution in [0, 0.1) is 6.92 Å². The van der Waals surface area contributed by atoms with Gasteiger partial charge in [-0.05, 0) is 67.4 Å². The molecule has 0 aliphatic heterocycles. The molecule has 1 aromatic heterocycles. The Morgan fingerprint density at radius 3 is 2.10 bits per heavy atom. The Morgan fingerprint density at radius 2 is 1.42 bits per heavy atom. The van der Waals surface area contributed by atoms with Crippen LogP contribution < -0.4 is 20.7 Å². The summed E-state index contributed by atoms with van der Waals surface area (Å²) in [4.78, 5) is 54.0. The molecule has 0 bridgehead atoms. The fourth-order valence-corrected chi connectivity index (χ4v) is 6.88. The molecule has 9 nitrogen and oxygen atoms in total.